The minimum Gasteiger partial charge on any atom is -0.383 e. The first-order valence-electron chi connectivity index (χ1n) is 6.70. The number of benzene rings is 2. The first kappa shape index (κ1) is 19.2. The number of non-ortho nitro benzene ring substituents is 1. The Morgan fingerprint density at radius 3 is 2.57 bits per heavy atom. The molecule has 0 bridgehead atoms. The van der Waals surface area contributed by atoms with E-state index in [1.54, 1.807) is 24.3 Å². The third-order valence-corrected chi connectivity index (χ3v) is 3.37. The fourth-order valence-electron chi connectivity index (χ4n) is 1.91. The molecule has 0 saturated carbocycles. The Morgan fingerprint density at radius 2 is 1.91 bits per heavy atom. The summed E-state index contributed by atoms with van der Waals surface area (Å²) < 4.78 is 13.4. The minimum absolute atomic E-state index is 0. The molecule has 0 saturated heterocycles. The zero-order valence-electron chi connectivity index (χ0n) is 12.1. The van der Waals surface area contributed by atoms with Crippen LogP contribution in [-0.2, 0) is 6.54 Å². The van der Waals surface area contributed by atoms with Crippen molar-refractivity contribution in [3.05, 3.63) is 69.0 Å². The number of nitrogens with zero attached hydrogens (tertiary/aromatic N) is 1. The number of hydrogen-bond acceptors (Lipinski definition) is 4. The molecule has 0 heterocycles. The van der Waals surface area contributed by atoms with Gasteiger partial charge in [-0.1, -0.05) is 29.8 Å². The van der Waals surface area contributed by atoms with E-state index in [1.807, 2.05) is 0 Å². The molecule has 2 N–H and O–H groups in total. The molecule has 0 aliphatic heterocycles. The van der Waals surface area contributed by atoms with Gasteiger partial charge in [0.2, 0.25) is 0 Å². The van der Waals surface area contributed by atoms with Gasteiger partial charge in [-0.15, -0.1) is 12.4 Å². The molecular weight excluding hydrogens is 344 g/mol. The molecule has 2 aromatic rings. The van der Waals surface area contributed by atoms with Crippen molar-refractivity contribution in [2.24, 2.45) is 0 Å². The van der Waals surface area contributed by atoms with Gasteiger partial charge in [0.1, 0.15) is 5.82 Å². The molecule has 0 aromatic heterocycles. The summed E-state index contributed by atoms with van der Waals surface area (Å²) in [5, 5.41) is 17.1. The maximum absolute atomic E-state index is 13.4. The lowest BCUT2D eigenvalue weighted by molar-refractivity contribution is -0.384. The van der Waals surface area contributed by atoms with E-state index in [1.165, 1.54) is 18.2 Å². The van der Waals surface area contributed by atoms with Crippen LogP contribution in [0.25, 0.3) is 0 Å². The number of nitrogens with one attached hydrogen (secondary N) is 2. The summed E-state index contributed by atoms with van der Waals surface area (Å²) in [6.45, 7) is 1.59. The van der Waals surface area contributed by atoms with Gasteiger partial charge in [0.25, 0.3) is 5.69 Å². The van der Waals surface area contributed by atoms with Crippen molar-refractivity contribution in [1.29, 1.82) is 0 Å². The number of halogens is 3. The average molecular weight is 360 g/mol. The van der Waals surface area contributed by atoms with Gasteiger partial charge in [-0.2, -0.15) is 0 Å². The SMILES string of the molecule is Cl.O=[N+]([O-])c1ccc(NCCNCc2ccccc2F)c(Cl)c1. The molecule has 2 rings (SSSR count). The fourth-order valence-corrected chi connectivity index (χ4v) is 2.15. The van der Waals surface area contributed by atoms with Crippen LogP contribution < -0.4 is 10.6 Å². The van der Waals surface area contributed by atoms with Gasteiger partial charge in [0, 0.05) is 37.3 Å². The van der Waals surface area contributed by atoms with Crippen molar-refractivity contribution >= 4 is 35.4 Å². The minimum atomic E-state index is -0.494. The lowest BCUT2D eigenvalue weighted by Crippen LogP contribution is -2.22. The second kappa shape index (κ2) is 9.29. The predicted molar refractivity (Wildman–Crippen MR) is 92.0 cm³/mol. The molecule has 8 heteroatoms. The highest BCUT2D eigenvalue weighted by molar-refractivity contribution is 6.33. The number of nitro benzene ring substituents is 1. The van der Waals surface area contributed by atoms with Crippen LogP contribution in [0.5, 0.6) is 0 Å². The van der Waals surface area contributed by atoms with Crippen LogP contribution in [0, 0.1) is 15.9 Å². The van der Waals surface area contributed by atoms with Crippen LogP contribution in [0.15, 0.2) is 42.5 Å². The van der Waals surface area contributed by atoms with Crippen molar-refractivity contribution < 1.29 is 9.31 Å². The van der Waals surface area contributed by atoms with Crippen molar-refractivity contribution in [1.82, 2.24) is 5.32 Å². The highest BCUT2D eigenvalue weighted by atomic mass is 35.5. The Bertz CT molecular complexity index is 671. The van der Waals surface area contributed by atoms with E-state index in [2.05, 4.69) is 10.6 Å². The molecule has 0 aliphatic carbocycles. The lowest BCUT2D eigenvalue weighted by Gasteiger charge is -2.09. The summed E-state index contributed by atoms with van der Waals surface area (Å²) in [7, 11) is 0. The molecule has 2 aromatic carbocycles. The van der Waals surface area contributed by atoms with E-state index in [9.17, 15) is 14.5 Å². The number of nitro groups is 1. The molecule has 0 fully saturated rings. The molecule has 0 radical (unpaired) electrons. The van der Waals surface area contributed by atoms with E-state index in [0.717, 1.165) is 0 Å². The Hall–Kier alpha value is -1.89. The summed E-state index contributed by atoms with van der Waals surface area (Å²) in [4.78, 5) is 10.1. The van der Waals surface area contributed by atoms with Crippen molar-refractivity contribution in [2.45, 2.75) is 6.54 Å². The Kier molecular flexibility index (Phi) is 7.74. The monoisotopic (exact) mass is 359 g/mol. The summed E-state index contributed by atoms with van der Waals surface area (Å²) in [5.74, 6) is -0.235. The number of rotatable bonds is 7. The van der Waals surface area contributed by atoms with Gasteiger partial charge in [0.15, 0.2) is 0 Å². The molecule has 5 nitrogen and oxygen atoms in total. The van der Waals surface area contributed by atoms with E-state index in [0.29, 0.717) is 35.9 Å². The fraction of sp³-hybridized carbons (Fsp3) is 0.200. The molecular formula is C15H16Cl2FN3O2. The van der Waals surface area contributed by atoms with Gasteiger partial charge < -0.3 is 10.6 Å². The maximum Gasteiger partial charge on any atom is 0.271 e. The van der Waals surface area contributed by atoms with Gasteiger partial charge in [0.05, 0.1) is 15.6 Å². The quantitative estimate of drug-likeness (QED) is 0.445. The van der Waals surface area contributed by atoms with Crippen LogP contribution in [0.1, 0.15) is 5.56 Å². The van der Waals surface area contributed by atoms with Crippen molar-refractivity contribution in [3.63, 3.8) is 0 Å². The summed E-state index contributed by atoms with van der Waals surface area (Å²) in [6.07, 6.45) is 0. The van der Waals surface area contributed by atoms with Crippen LogP contribution in [-0.4, -0.2) is 18.0 Å². The normalized spacial score (nSPS) is 10.0. The van der Waals surface area contributed by atoms with Crippen LogP contribution in [0.3, 0.4) is 0 Å². The highest BCUT2D eigenvalue weighted by Gasteiger charge is 2.08. The zero-order chi connectivity index (χ0) is 15.9. The first-order chi connectivity index (χ1) is 10.6. The molecule has 0 unspecified atom stereocenters. The third-order valence-electron chi connectivity index (χ3n) is 3.05. The smallest absolute Gasteiger partial charge is 0.271 e. The Morgan fingerprint density at radius 1 is 1.17 bits per heavy atom. The summed E-state index contributed by atoms with van der Waals surface area (Å²) >= 11 is 5.97. The summed E-state index contributed by atoms with van der Waals surface area (Å²) in [5.41, 5.74) is 1.18. The molecule has 0 amide bonds. The van der Waals surface area contributed by atoms with Gasteiger partial charge >= 0.3 is 0 Å². The molecule has 124 valence electrons. The van der Waals surface area contributed by atoms with Crippen LogP contribution in [0.4, 0.5) is 15.8 Å². The van der Waals surface area contributed by atoms with Crippen molar-refractivity contribution in [2.75, 3.05) is 18.4 Å². The highest BCUT2D eigenvalue weighted by Crippen LogP contribution is 2.26. The Balaban J connectivity index is 0.00000264. The molecule has 23 heavy (non-hydrogen) atoms. The Labute approximate surface area is 144 Å². The second-order valence-electron chi connectivity index (χ2n) is 4.62. The van der Waals surface area contributed by atoms with E-state index in [-0.39, 0.29) is 23.9 Å². The average Bonchev–Trinajstić information content (AvgIpc) is 2.50. The molecule has 0 aliphatic rings. The zero-order valence-corrected chi connectivity index (χ0v) is 13.7. The lowest BCUT2D eigenvalue weighted by atomic mass is 10.2. The van der Waals surface area contributed by atoms with Gasteiger partial charge in [-0.3, -0.25) is 10.1 Å². The van der Waals surface area contributed by atoms with Crippen molar-refractivity contribution in [3.8, 4) is 0 Å². The van der Waals surface area contributed by atoms with E-state index in [4.69, 9.17) is 11.6 Å². The number of hydrogen-bond donors (Lipinski definition) is 2. The van der Waals surface area contributed by atoms with E-state index < -0.39 is 4.92 Å². The number of anilines is 1. The topological polar surface area (TPSA) is 67.2 Å². The molecule has 0 atom stereocenters. The van der Waals surface area contributed by atoms with Crippen LogP contribution in [0.2, 0.25) is 5.02 Å². The van der Waals surface area contributed by atoms with E-state index >= 15 is 0 Å². The third kappa shape index (κ3) is 5.67. The first-order valence-corrected chi connectivity index (χ1v) is 7.07. The summed E-state index contributed by atoms with van der Waals surface area (Å²) in [6, 6.07) is 10.8. The molecule has 0 spiro atoms. The van der Waals surface area contributed by atoms with Crippen LogP contribution >= 0.6 is 24.0 Å². The second-order valence-corrected chi connectivity index (χ2v) is 5.02. The maximum atomic E-state index is 13.4. The van der Waals surface area contributed by atoms with Gasteiger partial charge in [-0.05, 0) is 12.1 Å². The van der Waals surface area contributed by atoms with Gasteiger partial charge in [-0.25, -0.2) is 4.39 Å². The predicted octanol–water partition coefficient (Wildman–Crippen LogP) is 4.01. The largest absolute Gasteiger partial charge is 0.383 e. The standard InChI is InChI=1S/C15H15ClFN3O2.ClH/c16-13-9-12(20(21)22)5-6-15(13)19-8-7-18-10-11-3-1-2-4-14(11)17;/h1-6,9,18-19H,7-8,10H2;1H.